The number of rotatable bonds is 2. The third kappa shape index (κ3) is 1.60. The van der Waals surface area contributed by atoms with Crippen molar-refractivity contribution in [2.45, 2.75) is 6.54 Å². The average Bonchev–Trinajstić information content (AvgIpc) is 1.98. The van der Waals surface area contributed by atoms with Crippen molar-refractivity contribution in [3.63, 3.8) is 0 Å². The van der Waals surface area contributed by atoms with E-state index in [0.29, 0.717) is 0 Å². The number of carbonyl (C=O) groups is 1. The van der Waals surface area contributed by atoms with E-state index in [-0.39, 0.29) is 0 Å². The lowest BCUT2D eigenvalue weighted by Gasteiger charge is -2.03. The van der Waals surface area contributed by atoms with Gasteiger partial charge in [0.05, 0.1) is 12.5 Å². The van der Waals surface area contributed by atoms with Gasteiger partial charge in [0.25, 0.3) is 0 Å². The highest BCUT2D eigenvalue weighted by atomic mass is 16.4. The number of carbonyl (C=O) groups excluding carboxylic acids is 1. The molecule has 0 saturated heterocycles. The van der Waals surface area contributed by atoms with Gasteiger partial charge in [0.15, 0.2) is 0 Å². The maximum atomic E-state index is 10.8. The fourth-order valence-corrected chi connectivity index (χ4v) is 0.726. The largest absolute Gasteiger partial charge is 0.548 e. The molecule has 1 aromatic rings. The Hall–Kier alpha value is -1.85. The van der Waals surface area contributed by atoms with Gasteiger partial charge in [-0.15, -0.1) is 0 Å². The van der Waals surface area contributed by atoms with Gasteiger partial charge in [-0.3, -0.25) is 9.59 Å². The van der Waals surface area contributed by atoms with E-state index in [1.165, 1.54) is 12.4 Å². The molecule has 0 unspecified atom stereocenters. The molecular weight excluding hydrogens is 164 g/mol. The van der Waals surface area contributed by atoms with Crippen molar-refractivity contribution in [1.29, 1.82) is 0 Å². The van der Waals surface area contributed by atoms with Crippen LogP contribution < -0.4 is 16.2 Å². The summed E-state index contributed by atoms with van der Waals surface area (Å²) >= 11 is 0. The third-order valence-electron chi connectivity index (χ3n) is 1.22. The second-order valence-electron chi connectivity index (χ2n) is 2.09. The molecule has 0 radical (unpaired) electrons. The fraction of sp³-hybridized carbons (Fsp3) is 0.167. The van der Waals surface area contributed by atoms with Gasteiger partial charge in [-0.1, -0.05) is 0 Å². The number of aliphatic carboxylic acids is 1. The number of carboxylic acids is 1. The van der Waals surface area contributed by atoms with Crippen LogP contribution in [0.5, 0.6) is 0 Å². The van der Waals surface area contributed by atoms with Crippen molar-refractivity contribution < 1.29 is 9.90 Å². The van der Waals surface area contributed by atoms with Gasteiger partial charge in [-0.25, -0.2) is 0 Å². The Morgan fingerprint density at radius 3 is 2.83 bits per heavy atom. The van der Waals surface area contributed by atoms with E-state index in [1.54, 1.807) is 0 Å². The predicted molar refractivity (Wildman–Crippen MR) is 36.3 cm³/mol. The van der Waals surface area contributed by atoms with Crippen LogP contribution in [0.1, 0.15) is 0 Å². The van der Waals surface area contributed by atoms with E-state index in [0.717, 1.165) is 4.57 Å². The molecule has 6 heteroatoms. The first-order chi connectivity index (χ1) is 5.61. The second kappa shape index (κ2) is 3.04. The molecule has 1 aromatic heterocycles. The number of nitrogens with zero attached hydrogens (tertiary/aromatic N) is 1. The number of carboxylic acid groups (broad SMARTS) is 1. The molecule has 0 aliphatic heterocycles. The van der Waals surface area contributed by atoms with Gasteiger partial charge in [-0.05, 0) is 0 Å². The predicted octanol–water partition coefficient (Wildman–Crippen LogP) is -2.71. The zero-order valence-corrected chi connectivity index (χ0v) is 5.94. The first-order valence-electron chi connectivity index (χ1n) is 3.09. The van der Waals surface area contributed by atoms with Gasteiger partial charge >= 0.3 is 11.1 Å². The van der Waals surface area contributed by atoms with Crippen molar-refractivity contribution >= 4 is 5.97 Å². The van der Waals surface area contributed by atoms with E-state index in [9.17, 15) is 19.5 Å². The molecule has 0 bridgehead atoms. The van der Waals surface area contributed by atoms with Crippen LogP contribution in [0.3, 0.4) is 0 Å². The molecule has 0 aromatic carbocycles. The number of hydrogen-bond acceptors (Lipinski definition) is 4. The summed E-state index contributed by atoms with van der Waals surface area (Å²) in [6.45, 7) is -0.608. The van der Waals surface area contributed by atoms with E-state index < -0.39 is 23.6 Å². The molecule has 0 spiro atoms. The molecule has 1 N–H and O–H groups in total. The summed E-state index contributed by atoms with van der Waals surface area (Å²) < 4.78 is 0.758. The van der Waals surface area contributed by atoms with Crippen LogP contribution in [0.2, 0.25) is 0 Å². The minimum Gasteiger partial charge on any atom is -0.548 e. The zero-order valence-electron chi connectivity index (χ0n) is 5.94. The van der Waals surface area contributed by atoms with Crippen LogP contribution in [0.15, 0.2) is 22.0 Å². The highest BCUT2D eigenvalue weighted by Gasteiger charge is 1.97. The second-order valence-corrected chi connectivity index (χ2v) is 2.09. The SMILES string of the molecule is O=C([O-])Cn1cc[nH]c(=O)c1=O. The van der Waals surface area contributed by atoms with Crippen molar-refractivity contribution in [1.82, 2.24) is 9.55 Å². The monoisotopic (exact) mass is 169 g/mol. The van der Waals surface area contributed by atoms with E-state index in [4.69, 9.17) is 0 Å². The van der Waals surface area contributed by atoms with Crippen molar-refractivity contribution in [2.24, 2.45) is 0 Å². The summed E-state index contributed by atoms with van der Waals surface area (Å²) in [5, 5.41) is 10.0. The number of hydrogen-bond donors (Lipinski definition) is 1. The van der Waals surface area contributed by atoms with Crippen molar-refractivity contribution in [2.75, 3.05) is 0 Å². The Balaban J connectivity index is 3.18. The molecule has 64 valence electrons. The highest BCUT2D eigenvalue weighted by Crippen LogP contribution is 1.73. The molecule has 0 aliphatic rings. The van der Waals surface area contributed by atoms with Crippen LogP contribution in [-0.2, 0) is 11.3 Å². The minimum atomic E-state index is -1.41. The third-order valence-corrected chi connectivity index (χ3v) is 1.22. The first kappa shape index (κ1) is 8.25. The minimum absolute atomic E-state index is 0.608. The Morgan fingerprint density at radius 1 is 1.58 bits per heavy atom. The smallest absolute Gasteiger partial charge is 0.316 e. The Morgan fingerprint density at radius 2 is 2.25 bits per heavy atom. The maximum absolute atomic E-state index is 10.8. The van der Waals surface area contributed by atoms with Gasteiger partial charge < -0.3 is 19.5 Å². The van der Waals surface area contributed by atoms with Crippen molar-refractivity contribution in [3.8, 4) is 0 Å². The zero-order chi connectivity index (χ0) is 9.14. The lowest BCUT2D eigenvalue weighted by atomic mass is 10.6. The molecular formula is C6H5N2O4-. The summed E-state index contributed by atoms with van der Waals surface area (Å²) in [6.07, 6.45) is 2.35. The topological polar surface area (TPSA) is 95.0 Å². The summed E-state index contributed by atoms with van der Waals surface area (Å²) in [5.74, 6) is -1.41. The first-order valence-corrected chi connectivity index (χ1v) is 3.09. The molecule has 1 rings (SSSR count). The maximum Gasteiger partial charge on any atom is 0.316 e. The van der Waals surface area contributed by atoms with Crippen LogP contribution in [0.4, 0.5) is 0 Å². The Bertz CT molecular complexity index is 402. The van der Waals surface area contributed by atoms with Gasteiger partial charge in [-0.2, -0.15) is 0 Å². The quantitative estimate of drug-likeness (QED) is 0.487. The fourth-order valence-electron chi connectivity index (χ4n) is 0.726. The lowest BCUT2D eigenvalue weighted by molar-refractivity contribution is -0.306. The average molecular weight is 169 g/mol. The van der Waals surface area contributed by atoms with Gasteiger partial charge in [0.2, 0.25) is 0 Å². The molecule has 12 heavy (non-hydrogen) atoms. The molecule has 1 heterocycles. The number of H-pyrrole nitrogens is 1. The highest BCUT2D eigenvalue weighted by molar-refractivity contribution is 5.63. The van der Waals surface area contributed by atoms with E-state index in [2.05, 4.69) is 4.98 Å². The summed E-state index contributed by atoms with van der Waals surface area (Å²) in [6, 6.07) is 0. The number of nitrogens with one attached hydrogen (secondary N) is 1. The van der Waals surface area contributed by atoms with Crippen LogP contribution >= 0.6 is 0 Å². The molecule has 0 saturated carbocycles. The lowest BCUT2D eigenvalue weighted by Crippen LogP contribution is -2.39. The van der Waals surface area contributed by atoms with Crippen molar-refractivity contribution in [3.05, 3.63) is 33.1 Å². The normalized spacial score (nSPS) is 9.67. The number of aromatic amines is 1. The molecule has 6 nitrogen and oxygen atoms in total. The van der Waals surface area contributed by atoms with Gasteiger partial charge in [0.1, 0.15) is 0 Å². The Labute approximate surface area is 66.1 Å². The molecule has 0 amide bonds. The van der Waals surface area contributed by atoms with Crippen LogP contribution in [0.25, 0.3) is 0 Å². The molecule has 0 aliphatic carbocycles. The van der Waals surface area contributed by atoms with Gasteiger partial charge in [0, 0.05) is 12.4 Å². The molecule has 0 atom stereocenters. The van der Waals surface area contributed by atoms with Crippen LogP contribution in [0, 0.1) is 0 Å². The summed E-state index contributed by atoms with van der Waals surface area (Å²) in [5.41, 5.74) is -1.75. The molecule has 0 fully saturated rings. The van der Waals surface area contributed by atoms with E-state index >= 15 is 0 Å². The van der Waals surface area contributed by atoms with Crippen LogP contribution in [-0.4, -0.2) is 15.5 Å². The summed E-state index contributed by atoms with van der Waals surface area (Å²) in [4.78, 5) is 33.6. The Kier molecular flexibility index (Phi) is 2.09. The standard InChI is InChI=1S/C6H6N2O4/c9-4(10)3-8-2-1-7-5(11)6(8)12/h1-2H,3H2,(H,7,11)(H,9,10)/p-1. The van der Waals surface area contributed by atoms with E-state index in [1.807, 2.05) is 0 Å². The summed E-state index contributed by atoms with van der Waals surface area (Å²) in [7, 11) is 0. The number of aromatic nitrogens is 2.